The molecule has 1 N–H and O–H groups in total. The third-order valence-electron chi connectivity index (χ3n) is 4.00. The summed E-state index contributed by atoms with van der Waals surface area (Å²) >= 11 is 0. The number of nitrogens with one attached hydrogen (secondary N) is 1. The molecular weight excluding hydrogens is 319 g/mol. The van der Waals surface area contributed by atoms with Crippen LogP contribution in [0, 0.1) is 5.82 Å². The van der Waals surface area contributed by atoms with Gasteiger partial charge in [-0.3, -0.25) is 9.69 Å². The fraction of sp³-hybridized carbons (Fsp3) is 0.250. The first-order valence-electron chi connectivity index (χ1n) is 8.22. The van der Waals surface area contributed by atoms with E-state index in [2.05, 4.69) is 5.32 Å². The molecule has 5 heteroatoms. The van der Waals surface area contributed by atoms with E-state index >= 15 is 0 Å². The summed E-state index contributed by atoms with van der Waals surface area (Å²) < 4.78 is 19.0. The Hall–Kier alpha value is -2.66. The Labute approximate surface area is 146 Å². The Morgan fingerprint density at radius 2 is 2.00 bits per heavy atom. The van der Waals surface area contributed by atoms with Crippen LogP contribution in [-0.4, -0.2) is 24.4 Å². The summed E-state index contributed by atoms with van der Waals surface area (Å²) in [6.45, 7) is 2.62. The molecule has 3 rings (SSSR count). The highest BCUT2D eigenvalue weighted by Gasteiger charge is 2.15. The average molecular weight is 340 g/mol. The molecule has 0 aliphatic heterocycles. The molecule has 0 fully saturated rings. The second-order valence-corrected chi connectivity index (χ2v) is 6.28. The fourth-order valence-corrected chi connectivity index (χ4v) is 2.82. The number of carbonyl (C=O) groups excluding carboxylic acids is 1. The van der Waals surface area contributed by atoms with Gasteiger partial charge < -0.3 is 9.73 Å². The van der Waals surface area contributed by atoms with Crippen molar-refractivity contribution in [1.29, 1.82) is 0 Å². The number of likely N-dealkylation sites (N-methyl/N-ethyl adjacent to an activating group) is 1. The second kappa shape index (κ2) is 7.49. The molecule has 2 aromatic carbocycles. The molecule has 0 aliphatic carbocycles. The normalized spacial score (nSPS) is 12.5. The molecule has 1 unspecified atom stereocenters. The summed E-state index contributed by atoms with van der Waals surface area (Å²) in [5.41, 5.74) is 1.64. The number of carbonyl (C=O) groups is 1. The van der Waals surface area contributed by atoms with E-state index in [1.54, 1.807) is 6.07 Å². The molecular formula is C20H21FN2O2. The summed E-state index contributed by atoms with van der Waals surface area (Å²) in [6, 6.07) is 15.9. The van der Waals surface area contributed by atoms with Crippen molar-refractivity contribution >= 4 is 16.9 Å². The van der Waals surface area contributed by atoms with Gasteiger partial charge in [-0.05, 0) is 43.8 Å². The summed E-state index contributed by atoms with van der Waals surface area (Å²) in [5, 5.41) is 3.95. The van der Waals surface area contributed by atoms with Crippen molar-refractivity contribution < 1.29 is 13.6 Å². The van der Waals surface area contributed by atoms with Crippen molar-refractivity contribution in [2.75, 3.05) is 13.6 Å². The number of furan rings is 1. The molecule has 0 saturated heterocycles. The van der Waals surface area contributed by atoms with E-state index in [1.807, 2.05) is 55.3 Å². The van der Waals surface area contributed by atoms with Gasteiger partial charge in [0.25, 0.3) is 0 Å². The molecule has 0 aliphatic rings. The molecule has 130 valence electrons. The van der Waals surface area contributed by atoms with Crippen LogP contribution in [0.5, 0.6) is 0 Å². The smallest absolute Gasteiger partial charge is 0.234 e. The first kappa shape index (κ1) is 17.2. The lowest BCUT2D eigenvalue weighted by Crippen LogP contribution is -2.36. The molecule has 25 heavy (non-hydrogen) atoms. The van der Waals surface area contributed by atoms with E-state index in [0.29, 0.717) is 6.54 Å². The van der Waals surface area contributed by atoms with E-state index in [0.717, 1.165) is 22.3 Å². The summed E-state index contributed by atoms with van der Waals surface area (Å²) in [4.78, 5) is 14.1. The van der Waals surface area contributed by atoms with Crippen LogP contribution < -0.4 is 5.32 Å². The van der Waals surface area contributed by atoms with Crippen LogP contribution in [0.2, 0.25) is 0 Å². The number of fused-ring (bicyclic) bond motifs is 1. The zero-order valence-corrected chi connectivity index (χ0v) is 14.3. The van der Waals surface area contributed by atoms with Gasteiger partial charge in [-0.25, -0.2) is 4.39 Å². The molecule has 0 radical (unpaired) electrons. The molecule has 1 amide bonds. The van der Waals surface area contributed by atoms with Crippen LogP contribution in [0.3, 0.4) is 0 Å². The third kappa shape index (κ3) is 4.45. The largest absolute Gasteiger partial charge is 0.459 e. The fourth-order valence-electron chi connectivity index (χ4n) is 2.82. The molecule has 4 nitrogen and oxygen atoms in total. The lowest BCUT2D eigenvalue weighted by Gasteiger charge is -2.18. The zero-order chi connectivity index (χ0) is 17.8. The van der Waals surface area contributed by atoms with Gasteiger partial charge in [-0.1, -0.05) is 30.3 Å². The quantitative estimate of drug-likeness (QED) is 0.741. The maximum absolute atomic E-state index is 13.2. The third-order valence-corrected chi connectivity index (χ3v) is 4.00. The minimum atomic E-state index is -0.270. The van der Waals surface area contributed by atoms with E-state index in [9.17, 15) is 9.18 Å². The Kier molecular flexibility index (Phi) is 5.14. The molecule has 0 saturated carbocycles. The highest BCUT2D eigenvalue weighted by atomic mass is 19.1. The number of hydrogen-bond acceptors (Lipinski definition) is 3. The Bertz CT molecular complexity index is 842. The SMILES string of the molecule is CC(NC(=O)CN(C)Cc1cccc(F)c1)c1cc2ccccc2o1. The molecule has 0 bridgehead atoms. The lowest BCUT2D eigenvalue weighted by atomic mass is 10.2. The van der Waals surface area contributed by atoms with Gasteiger partial charge in [0.15, 0.2) is 0 Å². The predicted molar refractivity (Wildman–Crippen MR) is 95.5 cm³/mol. The van der Waals surface area contributed by atoms with Gasteiger partial charge in [0, 0.05) is 11.9 Å². The van der Waals surface area contributed by atoms with Crippen LogP contribution >= 0.6 is 0 Å². The zero-order valence-electron chi connectivity index (χ0n) is 14.3. The number of para-hydroxylation sites is 1. The first-order chi connectivity index (χ1) is 12.0. The number of amides is 1. The topological polar surface area (TPSA) is 45.5 Å². The molecule has 0 spiro atoms. The van der Waals surface area contributed by atoms with Crippen molar-refractivity contribution in [3.63, 3.8) is 0 Å². The Balaban J connectivity index is 1.56. The van der Waals surface area contributed by atoms with E-state index in [-0.39, 0.29) is 24.3 Å². The summed E-state index contributed by atoms with van der Waals surface area (Å²) in [5.74, 6) is 0.350. The van der Waals surface area contributed by atoms with Crippen molar-refractivity contribution in [2.24, 2.45) is 0 Å². The second-order valence-electron chi connectivity index (χ2n) is 6.28. The highest BCUT2D eigenvalue weighted by Crippen LogP contribution is 2.23. The van der Waals surface area contributed by atoms with E-state index < -0.39 is 0 Å². The molecule has 1 heterocycles. The maximum Gasteiger partial charge on any atom is 0.234 e. The summed E-state index contributed by atoms with van der Waals surface area (Å²) in [6.07, 6.45) is 0. The van der Waals surface area contributed by atoms with Crippen LogP contribution in [0.1, 0.15) is 24.3 Å². The number of hydrogen-bond donors (Lipinski definition) is 1. The van der Waals surface area contributed by atoms with Crippen LogP contribution in [0.4, 0.5) is 4.39 Å². The van der Waals surface area contributed by atoms with Crippen molar-refractivity contribution in [1.82, 2.24) is 10.2 Å². The number of nitrogens with zero attached hydrogens (tertiary/aromatic N) is 1. The van der Waals surface area contributed by atoms with E-state index in [4.69, 9.17) is 4.42 Å². The predicted octanol–water partition coefficient (Wildman–Crippen LogP) is 3.88. The van der Waals surface area contributed by atoms with Crippen molar-refractivity contribution in [3.05, 3.63) is 71.7 Å². The number of benzene rings is 2. The molecule has 1 atom stereocenters. The number of halogens is 1. The molecule has 3 aromatic rings. The summed E-state index contributed by atoms with van der Waals surface area (Å²) in [7, 11) is 1.83. The van der Waals surface area contributed by atoms with Crippen molar-refractivity contribution in [2.45, 2.75) is 19.5 Å². The van der Waals surface area contributed by atoms with Gasteiger partial charge in [-0.2, -0.15) is 0 Å². The van der Waals surface area contributed by atoms with Gasteiger partial charge in [0.05, 0.1) is 12.6 Å². The lowest BCUT2D eigenvalue weighted by molar-refractivity contribution is -0.122. The molecule has 1 aromatic heterocycles. The average Bonchev–Trinajstić information content (AvgIpc) is 2.98. The van der Waals surface area contributed by atoms with Gasteiger partial charge in [0.1, 0.15) is 17.2 Å². The minimum absolute atomic E-state index is 0.105. The number of rotatable bonds is 6. The van der Waals surface area contributed by atoms with Crippen molar-refractivity contribution in [3.8, 4) is 0 Å². The minimum Gasteiger partial charge on any atom is -0.459 e. The van der Waals surface area contributed by atoms with Gasteiger partial charge in [0.2, 0.25) is 5.91 Å². The van der Waals surface area contributed by atoms with Gasteiger partial charge >= 0.3 is 0 Å². The van der Waals surface area contributed by atoms with Crippen LogP contribution in [0.25, 0.3) is 11.0 Å². The monoisotopic (exact) mass is 340 g/mol. The Morgan fingerprint density at radius 1 is 1.20 bits per heavy atom. The van der Waals surface area contributed by atoms with E-state index in [1.165, 1.54) is 12.1 Å². The standard InChI is InChI=1S/C20H21FN2O2/c1-14(19-11-16-7-3-4-9-18(16)25-19)22-20(24)13-23(2)12-15-6-5-8-17(21)10-15/h3-11,14H,12-13H2,1-2H3,(H,22,24). The first-order valence-corrected chi connectivity index (χ1v) is 8.22. The van der Waals surface area contributed by atoms with Gasteiger partial charge in [-0.15, -0.1) is 0 Å². The maximum atomic E-state index is 13.2. The highest BCUT2D eigenvalue weighted by molar-refractivity contribution is 5.80. The van der Waals surface area contributed by atoms with Crippen LogP contribution in [0.15, 0.2) is 59.0 Å². The van der Waals surface area contributed by atoms with Crippen LogP contribution in [-0.2, 0) is 11.3 Å². The Morgan fingerprint density at radius 3 is 2.76 bits per heavy atom.